The van der Waals surface area contributed by atoms with Gasteiger partial charge in [-0.25, -0.2) is 9.48 Å². The second-order valence-corrected chi connectivity index (χ2v) is 10.4. The maximum atomic E-state index is 13.2. The molecule has 1 aromatic carbocycles. The second kappa shape index (κ2) is 10.2. The zero-order chi connectivity index (χ0) is 24.3. The van der Waals surface area contributed by atoms with E-state index in [4.69, 9.17) is 16.3 Å². The van der Waals surface area contributed by atoms with Gasteiger partial charge in [0.25, 0.3) is 0 Å². The average Bonchev–Trinajstić information content (AvgIpc) is 3.01. The number of hydrogen-bond donors (Lipinski definition) is 0. The van der Waals surface area contributed by atoms with Crippen LogP contribution in [0.1, 0.15) is 50.6 Å². The lowest BCUT2D eigenvalue weighted by Gasteiger charge is -2.35. The van der Waals surface area contributed by atoms with E-state index >= 15 is 0 Å². The third-order valence-corrected chi connectivity index (χ3v) is 6.20. The van der Waals surface area contributed by atoms with E-state index in [0.29, 0.717) is 24.5 Å². The summed E-state index contributed by atoms with van der Waals surface area (Å²) in [5, 5.41) is 5.33. The van der Waals surface area contributed by atoms with Crippen LogP contribution in [0.4, 0.5) is 4.79 Å². The molecule has 7 nitrogen and oxygen atoms in total. The van der Waals surface area contributed by atoms with Crippen molar-refractivity contribution in [3.63, 3.8) is 0 Å². The van der Waals surface area contributed by atoms with Gasteiger partial charge >= 0.3 is 6.09 Å². The summed E-state index contributed by atoms with van der Waals surface area (Å²) in [6, 6.07) is 7.51. The van der Waals surface area contributed by atoms with E-state index in [0.717, 1.165) is 42.0 Å². The summed E-state index contributed by atoms with van der Waals surface area (Å²) in [4.78, 5) is 29.0. The zero-order valence-electron chi connectivity index (χ0n) is 20.5. The van der Waals surface area contributed by atoms with Gasteiger partial charge in [0.05, 0.1) is 17.8 Å². The van der Waals surface area contributed by atoms with Crippen LogP contribution in [0.25, 0.3) is 5.69 Å². The summed E-state index contributed by atoms with van der Waals surface area (Å²) in [6.07, 6.45) is 1.91. The molecule has 8 heteroatoms. The fourth-order valence-electron chi connectivity index (χ4n) is 4.27. The number of halogens is 1. The smallest absolute Gasteiger partial charge is 0.410 e. The summed E-state index contributed by atoms with van der Waals surface area (Å²) < 4.78 is 7.32. The lowest BCUT2D eigenvalue weighted by atomic mass is 9.96. The summed E-state index contributed by atoms with van der Waals surface area (Å²) in [6.45, 7) is 11.5. The minimum atomic E-state index is -0.522. The van der Waals surface area contributed by atoms with Crippen LogP contribution >= 0.6 is 11.6 Å². The maximum Gasteiger partial charge on any atom is 0.410 e. The Labute approximate surface area is 201 Å². The topological polar surface area (TPSA) is 67.7 Å². The van der Waals surface area contributed by atoms with Crippen molar-refractivity contribution in [3.8, 4) is 5.69 Å². The molecule has 1 saturated heterocycles. The number of likely N-dealkylation sites (tertiary alicyclic amines) is 1. The van der Waals surface area contributed by atoms with E-state index in [9.17, 15) is 9.59 Å². The number of carbonyl (C=O) groups is 2. The molecule has 2 heterocycles. The molecule has 1 atom stereocenters. The molecule has 1 aromatic heterocycles. The van der Waals surface area contributed by atoms with E-state index in [-0.39, 0.29) is 17.9 Å². The Morgan fingerprint density at radius 1 is 1.21 bits per heavy atom. The van der Waals surface area contributed by atoms with Gasteiger partial charge in [0, 0.05) is 43.0 Å². The molecule has 2 aromatic rings. The van der Waals surface area contributed by atoms with Crippen LogP contribution in [0.3, 0.4) is 0 Å². The van der Waals surface area contributed by atoms with Crippen LogP contribution in [0.2, 0.25) is 5.02 Å². The number of aromatic nitrogens is 2. The average molecular weight is 475 g/mol. The van der Waals surface area contributed by atoms with Crippen LogP contribution in [0.15, 0.2) is 24.3 Å². The molecule has 0 bridgehead atoms. The van der Waals surface area contributed by atoms with Gasteiger partial charge < -0.3 is 14.5 Å². The highest BCUT2D eigenvalue weighted by Gasteiger charge is 2.28. The van der Waals surface area contributed by atoms with Crippen molar-refractivity contribution >= 4 is 23.6 Å². The minimum Gasteiger partial charge on any atom is -0.444 e. The molecule has 3 rings (SSSR count). The number of amides is 2. The number of hydrogen-bond acceptors (Lipinski definition) is 4. The second-order valence-electron chi connectivity index (χ2n) is 9.92. The minimum absolute atomic E-state index is 0.0986. The highest BCUT2D eigenvalue weighted by Crippen LogP contribution is 2.23. The molecule has 0 saturated carbocycles. The Morgan fingerprint density at radius 3 is 2.52 bits per heavy atom. The predicted octanol–water partition coefficient (Wildman–Crippen LogP) is 4.79. The molecule has 1 unspecified atom stereocenters. The molecule has 0 spiro atoms. The highest BCUT2D eigenvalue weighted by molar-refractivity contribution is 6.30. The van der Waals surface area contributed by atoms with Gasteiger partial charge in [-0.3, -0.25) is 4.79 Å². The molecule has 1 aliphatic heterocycles. The SMILES string of the molecule is Cc1nn(-c2ccc(Cl)cc2)c(C)c1CC(=O)N1CCCC(CN(C)C(=O)OC(C)(C)C)C1. The number of carbonyl (C=O) groups excluding carboxylic acids is 2. The molecule has 33 heavy (non-hydrogen) atoms. The Balaban J connectivity index is 1.63. The molecular weight excluding hydrogens is 440 g/mol. The van der Waals surface area contributed by atoms with Gasteiger partial charge in [0.1, 0.15) is 5.60 Å². The van der Waals surface area contributed by atoms with Crippen molar-refractivity contribution in [1.29, 1.82) is 0 Å². The van der Waals surface area contributed by atoms with Crippen molar-refractivity contribution in [2.45, 2.75) is 59.5 Å². The molecule has 1 aliphatic rings. The van der Waals surface area contributed by atoms with Crippen LogP contribution in [-0.2, 0) is 16.0 Å². The highest BCUT2D eigenvalue weighted by atomic mass is 35.5. The van der Waals surface area contributed by atoms with E-state index in [1.54, 1.807) is 11.9 Å². The van der Waals surface area contributed by atoms with E-state index in [2.05, 4.69) is 5.10 Å². The first-order chi connectivity index (χ1) is 15.4. The summed E-state index contributed by atoms with van der Waals surface area (Å²) in [5.41, 5.74) is 3.17. The van der Waals surface area contributed by atoms with Crippen molar-refractivity contribution < 1.29 is 14.3 Å². The van der Waals surface area contributed by atoms with Crippen molar-refractivity contribution in [3.05, 3.63) is 46.2 Å². The Hall–Kier alpha value is -2.54. The quantitative estimate of drug-likeness (QED) is 0.624. The first-order valence-electron chi connectivity index (χ1n) is 11.5. The molecular formula is C25H35ClN4O3. The van der Waals surface area contributed by atoms with Gasteiger partial charge in [0.15, 0.2) is 0 Å². The zero-order valence-corrected chi connectivity index (χ0v) is 21.3. The third kappa shape index (κ3) is 6.50. The number of piperidine rings is 1. The molecule has 0 N–H and O–H groups in total. The van der Waals surface area contributed by atoms with Crippen molar-refractivity contribution in [2.24, 2.45) is 5.92 Å². The molecule has 0 aliphatic carbocycles. The fourth-order valence-corrected chi connectivity index (χ4v) is 4.40. The van der Waals surface area contributed by atoms with Gasteiger partial charge in [0.2, 0.25) is 5.91 Å². The van der Waals surface area contributed by atoms with Crippen molar-refractivity contribution in [1.82, 2.24) is 19.6 Å². The first-order valence-corrected chi connectivity index (χ1v) is 11.9. The largest absolute Gasteiger partial charge is 0.444 e. The number of nitrogens with zero attached hydrogens (tertiary/aromatic N) is 4. The van der Waals surface area contributed by atoms with E-state index < -0.39 is 5.60 Å². The number of benzene rings is 1. The van der Waals surface area contributed by atoms with Gasteiger partial charge in [-0.1, -0.05) is 11.6 Å². The van der Waals surface area contributed by atoms with Gasteiger partial charge in [-0.15, -0.1) is 0 Å². The van der Waals surface area contributed by atoms with Gasteiger partial charge in [-0.05, 0) is 77.6 Å². The predicted molar refractivity (Wildman–Crippen MR) is 130 cm³/mol. The lowest BCUT2D eigenvalue weighted by molar-refractivity contribution is -0.132. The van der Waals surface area contributed by atoms with E-state index in [1.807, 2.05) is 68.5 Å². The summed E-state index contributed by atoms with van der Waals surface area (Å²) >= 11 is 6.01. The van der Waals surface area contributed by atoms with Crippen LogP contribution in [-0.4, -0.2) is 63.9 Å². The van der Waals surface area contributed by atoms with Gasteiger partial charge in [-0.2, -0.15) is 5.10 Å². The number of aryl methyl sites for hydroxylation is 1. The van der Waals surface area contributed by atoms with Crippen LogP contribution in [0.5, 0.6) is 0 Å². The number of ether oxygens (including phenoxy) is 1. The Kier molecular flexibility index (Phi) is 7.73. The Bertz CT molecular complexity index is 994. The maximum absolute atomic E-state index is 13.2. The van der Waals surface area contributed by atoms with Crippen molar-refractivity contribution in [2.75, 3.05) is 26.7 Å². The monoisotopic (exact) mass is 474 g/mol. The Morgan fingerprint density at radius 2 is 1.88 bits per heavy atom. The molecule has 2 amide bonds. The van der Waals surface area contributed by atoms with Crippen LogP contribution < -0.4 is 0 Å². The fraction of sp³-hybridized carbons (Fsp3) is 0.560. The van der Waals surface area contributed by atoms with E-state index in [1.165, 1.54) is 0 Å². The summed E-state index contributed by atoms with van der Waals surface area (Å²) in [7, 11) is 1.76. The first kappa shape index (κ1) is 25.1. The van der Waals surface area contributed by atoms with Crippen LogP contribution in [0, 0.1) is 19.8 Å². The third-order valence-electron chi connectivity index (χ3n) is 5.95. The molecule has 0 radical (unpaired) electrons. The summed E-state index contributed by atoms with van der Waals surface area (Å²) in [5.74, 6) is 0.334. The normalized spacial score (nSPS) is 16.6. The molecule has 1 fully saturated rings. The lowest BCUT2D eigenvalue weighted by Crippen LogP contribution is -2.45. The standard InChI is InChI=1S/C25H35ClN4O3/c1-17-22(18(2)30(27-17)21-11-9-20(26)10-12-21)14-23(31)29-13-7-8-19(16-29)15-28(6)24(32)33-25(3,4)5/h9-12,19H,7-8,13-16H2,1-6H3. The number of rotatable bonds is 5. The molecule has 180 valence electrons.